The van der Waals surface area contributed by atoms with Gasteiger partial charge in [-0.2, -0.15) is 10.2 Å². The first-order valence-corrected chi connectivity index (χ1v) is 6.54. The smallest absolute Gasteiger partial charge is 0.845 e. The summed E-state index contributed by atoms with van der Waals surface area (Å²) in [7, 11) is 7.20. The molecule has 128 valence electrons. The minimum atomic E-state index is -1.05. The van der Waals surface area contributed by atoms with E-state index < -0.39 is 11.2 Å². The van der Waals surface area contributed by atoms with Crippen molar-refractivity contribution in [3.8, 4) is 0 Å². The Labute approximate surface area is 139 Å². The summed E-state index contributed by atoms with van der Waals surface area (Å²) in [6.07, 6.45) is 0. The Balaban J connectivity index is -0.000000295. The van der Waals surface area contributed by atoms with Gasteiger partial charge in [-0.1, -0.05) is 38.9 Å². The third-order valence-electron chi connectivity index (χ3n) is 2.44. The van der Waals surface area contributed by atoms with E-state index in [4.69, 9.17) is 0 Å². The first-order chi connectivity index (χ1) is 8.67. The maximum atomic E-state index is 11.2. The summed E-state index contributed by atoms with van der Waals surface area (Å²) in [5, 5.41) is 33.6. The van der Waals surface area contributed by atoms with Crippen molar-refractivity contribution < 1.29 is 26.7 Å². The fourth-order valence-corrected chi connectivity index (χ4v) is 0.841. The molecule has 0 spiro atoms. The van der Waals surface area contributed by atoms with Gasteiger partial charge in [-0.25, -0.2) is 0 Å². The van der Waals surface area contributed by atoms with Gasteiger partial charge in [0.2, 0.25) is 0 Å². The van der Waals surface area contributed by atoms with Crippen molar-refractivity contribution in [3.63, 3.8) is 0 Å². The molecule has 0 fully saturated rings. The first kappa shape index (κ1) is 25.3. The van der Waals surface area contributed by atoms with E-state index in [1.165, 1.54) is 0 Å². The van der Waals surface area contributed by atoms with E-state index in [-0.39, 0.29) is 16.5 Å². The van der Waals surface area contributed by atoms with Crippen LogP contribution in [0.15, 0.2) is 10.2 Å². The summed E-state index contributed by atoms with van der Waals surface area (Å²) in [5.41, 5.74) is -0.885. The number of rotatable bonds is 4. The quantitative estimate of drug-likeness (QED) is 0.412. The Hall–Kier alpha value is -0.646. The van der Waals surface area contributed by atoms with Gasteiger partial charge in [0.25, 0.3) is 0 Å². The van der Waals surface area contributed by atoms with Gasteiger partial charge in [0.1, 0.15) is 0 Å². The van der Waals surface area contributed by atoms with Gasteiger partial charge in [-0.15, -0.1) is 0 Å². The van der Waals surface area contributed by atoms with E-state index in [9.17, 15) is 10.2 Å². The van der Waals surface area contributed by atoms with Gasteiger partial charge >= 0.3 is 16.5 Å². The molecule has 0 aromatic heterocycles. The minimum absolute atomic E-state index is 0. The summed E-state index contributed by atoms with van der Waals surface area (Å²) in [4.78, 5) is 0. The number of hydrazone groups is 2. The zero-order valence-corrected chi connectivity index (χ0v) is 15.9. The second kappa shape index (κ2) is 10.1. The molecular formula is C14H30N4NiO2. The molecule has 6 nitrogen and oxygen atoms in total. The largest absolute Gasteiger partial charge is 2.00 e. The van der Waals surface area contributed by atoms with Crippen LogP contribution in [0.4, 0.5) is 0 Å². The molecular weight excluding hydrogens is 315 g/mol. The molecule has 0 saturated heterocycles. The zero-order chi connectivity index (χ0) is 16.7. The molecule has 0 aliphatic heterocycles. The van der Waals surface area contributed by atoms with Crippen LogP contribution in [0.25, 0.3) is 0 Å². The Kier molecular flexibility index (Phi) is 12.2. The number of nitrogens with zero attached hydrogens (tertiary/aromatic N) is 4. The Bertz CT molecular complexity index is 306. The topological polar surface area (TPSA) is 77.3 Å². The van der Waals surface area contributed by atoms with Crippen molar-refractivity contribution in [2.24, 2.45) is 10.2 Å². The van der Waals surface area contributed by atoms with Gasteiger partial charge in [-0.3, -0.25) is 0 Å². The van der Waals surface area contributed by atoms with E-state index in [0.717, 1.165) is 0 Å². The molecule has 0 aliphatic carbocycles. The Morgan fingerprint density at radius 3 is 0.952 bits per heavy atom. The predicted molar refractivity (Wildman–Crippen MR) is 81.8 cm³/mol. The van der Waals surface area contributed by atoms with E-state index in [1.807, 2.05) is 0 Å². The summed E-state index contributed by atoms with van der Waals surface area (Å²) >= 11 is 0. The molecule has 0 aliphatic rings. The fourth-order valence-electron chi connectivity index (χ4n) is 0.841. The molecule has 0 aromatic carbocycles. The maximum Gasteiger partial charge on any atom is 2.00 e. The second-order valence-electron chi connectivity index (χ2n) is 6.09. The third kappa shape index (κ3) is 15.6. The van der Waals surface area contributed by atoms with Crippen LogP contribution in [0.5, 0.6) is 0 Å². The average Bonchev–Trinajstić information content (AvgIpc) is 2.13. The van der Waals surface area contributed by atoms with E-state index >= 15 is 0 Å². The molecule has 0 aromatic rings. The van der Waals surface area contributed by atoms with Crippen molar-refractivity contribution in [1.82, 2.24) is 10.0 Å². The molecule has 0 unspecified atom stereocenters. The maximum absolute atomic E-state index is 11.2. The van der Waals surface area contributed by atoms with Crippen molar-refractivity contribution in [1.29, 1.82) is 0 Å². The van der Waals surface area contributed by atoms with Crippen molar-refractivity contribution in [2.45, 2.75) is 52.7 Å². The van der Waals surface area contributed by atoms with Crippen molar-refractivity contribution in [2.75, 3.05) is 28.2 Å². The first-order valence-electron chi connectivity index (χ1n) is 6.54. The van der Waals surface area contributed by atoms with Gasteiger partial charge < -0.3 is 20.2 Å². The summed E-state index contributed by atoms with van der Waals surface area (Å²) in [6, 6.07) is 0. The van der Waals surface area contributed by atoms with Crippen LogP contribution >= 0.6 is 0 Å². The van der Waals surface area contributed by atoms with Gasteiger partial charge in [0.05, 0.1) is 0 Å². The zero-order valence-electron chi connectivity index (χ0n) is 14.9. The Morgan fingerprint density at radius 2 is 0.905 bits per heavy atom. The second-order valence-corrected chi connectivity index (χ2v) is 6.09. The SMILES string of the molecule is CC(=NN(C)C)C(C)(C)[O-].CC(=NN(C)C)C(C)(C)[O-].[Ni+2]. The van der Waals surface area contributed by atoms with E-state index in [1.54, 1.807) is 79.8 Å². The number of hydrogen-bond acceptors (Lipinski definition) is 6. The number of hydrogen-bond donors (Lipinski definition) is 0. The molecule has 0 saturated carbocycles. The average molecular weight is 345 g/mol. The molecule has 7 heteroatoms. The standard InChI is InChI=1S/2C7H15N2O.Ni/c2*1-6(7(2,3)10)8-9(4)5;/h2*1-5H3;/q2*-1;+2. The van der Waals surface area contributed by atoms with Crippen molar-refractivity contribution in [3.05, 3.63) is 0 Å². The summed E-state index contributed by atoms with van der Waals surface area (Å²) in [5.74, 6) is 0. The van der Waals surface area contributed by atoms with Crippen LogP contribution in [0.3, 0.4) is 0 Å². The molecule has 0 atom stereocenters. The van der Waals surface area contributed by atoms with E-state index in [2.05, 4.69) is 10.2 Å². The van der Waals surface area contributed by atoms with Crippen LogP contribution in [-0.2, 0) is 16.5 Å². The van der Waals surface area contributed by atoms with Crippen LogP contribution in [-0.4, -0.2) is 60.8 Å². The van der Waals surface area contributed by atoms with Crippen LogP contribution in [0, 0.1) is 0 Å². The monoisotopic (exact) mass is 344 g/mol. The van der Waals surface area contributed by atoms with Gasteiger partial charge in [-0.05, 0) is 13.8 Å². The Morgan fingerprint density at radius 1 is 0.714 bits per heavy atom. The van der Waals surface area contributed by atoms with Crippen LogP contribution in [0.2, 0.25) is 0 Å². The normalized spacial score (nSPS) is 13.0. The molecule has 0 rings (SSSR count). The molecule has 0 radical (unpaired) electrons. The van der Waals surface area contributed by atoms with Crippen molar-refractivity contribution >= 4 is 11.4 Å². The van der Waals surface area contributed by atoms with E-state index in [0.29, 0.717) is 11.4 Å². The van der Waals surface area contributed by atoms with Crippen LogP contribution < -0.4 is 10.2 Å². The predicted octanol–water partition coefficient (Wildman–Crippen LogP) is 0.123. The molecule has 0 amide bonds. The van der Waals surface area contributed by atoms with Crippen LogP contribution in [0.1, 0.15) is 41.5 Å². The van der Waals surface area contributed by atoms with Gasteiger partial charge in [0.15, 0.2) is 0 Å². The molecule has 0 bridgehead atoms. The molecule has 21 heavy (non-hydrogen) atoms. The fraction of sp³-hybridized carbons (Fsp3) is 0.857. The summed E-state index contributed by atoms with van der Waals surface area (Å²) in [6.45, 7) is 9.91. The minimum Gasteiger partial charge on any atom is -0.845 e. The summed E-state index contributed by atoms with van der Waals surface area (Å²) < 4.78 is 0. The van der Waals surface area contributed by atoms with Gasteiger partial charge in [0, 0.05) is 39.6 Å². The molecule has 0 heterocycles. The molecule has 0 N–H and O–H groups in total. The third-order valence-corrected chi connectivity index (χ3v) is 2.44.